The molecule has 0 amide bonds. The highest BCUT2D eigenvalue weighted by Crippen LogP contribution is 2.41. The van der Waals surface area contributed by atoms with Gasteiger partial charge in [-0.05, 0) is 39.3 Å². The molecule has 0 aliphatic carbocycles. The standard InChI is InChI=1S/C15H22ClN5/c1-19-6-2-4-11(10-19)21-9-8-20-7-3-5-12-13(20)15(21)18-17-14(12)16/h11H,2-10H2,1H3/t11-/m1/s1. The minimum absolute atomic E-state index is 0.562. The number of halogens is 1. The molecule has 4 heterocycles. The lowest BCUT2D eigenvalue weighted by atomic mass is 9.99. The molecule has 114 valence electrons. The van der Waals surface area contributed by atoms with Crippen LogP contribution in [0.5, 0.6) is 0 Å². The van der Waals surface area contributed by atoms with Crippen LogP contribution in [0.25, 0.3) is 0 Å². The Balaban J connectivity index is 1.73. The van der Waals surface area contributed by atoms with Gasteiger partial charge in [-0.25, -0.2) is 0 Å². The Labute approximate surface area is 130 Å². The molecular weight excluding hydrogens is 286 g/mol. The van der Waals surface area contributed by atoms with E-state index >= 15 is 0 Å². The summed E-state index contributed by atoms with van der Waals surface area (Å²) in [4.78, 5) is 7.37. The van der Waals surface area contributed by atoms with Gasteiger partial charge in [-0.3, -0.25) is 0 Å². The summed E-state index contributed by atoms with van der Waals surface area (Å²) >= 11 is 6.29. The van der Waals surface area contributed by atoms with E-state index < -0.39 is 0 Å². The van der Waals surface area contributed by atoms with Gasteiger partial charge >= 0.3 is 0 Å². The average Bonchev–Trinajstić information content (AvgIpc) is 2.51. The first kappa shape index (κ1) is 13.6. The summed E-state index contributed by atoms with van der Waals surface area (Å²) in [6.07, 6.45) is 4.73. The van der Waals surface area contributed by atoms with Crippen LogP contribution in [0.3, 0.4) is 0 Å². The van der Waals surface area contributed by atoms with E-state index in [1.54, 1.807) is 0 Å². The lowest BCUT2D eigenvalue weighted by Crippen LogP contribution is -2.53. The molecule has 0 bridgehead atoms. The summed E-state index contributed by atoms with van der Waals surface area (Å²) in [5.41, 5.74) is 2.47. The predicted molar refractivity (Wildman–Crippen MR) is 85.4 cm³/mol. The highest BCUT2D eigenvalue weighted by Gasteiger charge is 2.35. The van der Waals surface area contributed by atoms with Crippen molar-refractivity contribution in [3.05, 3.63) is 10.7 Å². The zero-order valence-electron chi connectivity index (χ0n) is 12.6. The van der Waals surface area contributed by atoms with Gasteiger partial charge in [0.1, 0.15) is 0 Å². The summed E-state index contributed by atoms with van der Waals surface area (Å²) < 4.78 is 0. The average molecular weight is 308 g/mol. The maximum atomic E-state index is 6.29. The molecule has 1 saturated heterocycles. The second kappa shape index (κ2) is 5.29. The normalized spacial score (nSPS) is 25.9. The maximum Gasteiger partial charge on any atom is 0.175 e. The highest BCUT2D eigenvalue weighted by atomic mass is 35.5. The first-order chi connectivity index (χ1) is 10.2. The molecule has 1 fully saturated rings. The van der Waals surface area contributed by atoms with Gasteiger partial charge in [-0.2, -0.15) is 0 Å². The number of likely N-dealkylation sites (N-methyl/N-ethyl adjacent to an activating group) is 1. The third kappa shape index (κ3) is 2.27. The second-order valence-corrected chi connectivity index (χ2v) is 6.84. The van der Waals surface area contributed by atoms with E-state index in [0.717, 1.165) is 38.4 Å². The zero-order valence-corrected chi connectivity index (χ0v) is 13.3. The Kier molecular flexibility index (Phi) is 3.42. The van der Waals surface area contributed by atoms with E-state index in [1.807, 2.05) is 0 Å². The maximum absolute atomic E-state index is 6.29. The molecule has 6 heteroatoms. The molecule has 0 radical (unpaired) electrons. The van der Waals surface area contributed by atoms with Crippen molar-refractivity contribution < 1.29 is 0 Å². The molecule has 5 nitrogen and oxygen atoms in total. The molecule has 0 N–H and O–H groups in total. The summed E-state index contributed by atoms with van der Waals surface area (Å²) in [6, 6.07) is 0.562. The second-order valence-electron chi connectivity index (χ2n) is 6.48. The summed E-state index contributed by atoms with van der Waals surface area (Å²) in [7, 11) is 2.21. The fourth-order valence-corrected chi connectivity index (χ4v) is 4.27. The number of hydrogen-bond acceptors (Lipinski definition) is 5. The summed E-state index contributed by atoms with van der Waals surface area (Å²) in [6.45, 7) is 5.60. The Bertz CT molecular complexity index is 549. The molecular formula is C15H22ClN5. The van der Waals surface area contributed by atoms with Crippen LogP contribution in [0.15, 0.2) is 0 Å². The van der Waals surface area contributed by atoms with E-state index in [-0.39, 0.29) is 0 Å². The van der Waals surface area contributed by atoms with Crippen LogP contribution < -0.4 is 9.80 Å². The molecule has 0 saturated carbocycles. The first-order valence-electron chi connectivity index (χ1n) is 7.99. The van der Waals surface area contributed by atoms with Crippen LogP contribution in [0.1, 0.15) is 24.8 Å². The Hall–Kier alpha value is -1.07. The van der Waals surface area contributed by atoms with Crippen molar-refractivity contribution in [2.24, 2.45) is 0 Å². The quantitative estimate of drug-likeness (QED) is 0.790. The molecule has 3 aliphatic rings. The summed E-state index contributed by atoms with van der Waals surface area (Å²) in [5.74, 6) is 1.07. The van der Waals surface area contributed by atoms with Gasteiger partial charge in [0.15, 0.2) is 11.0 Å². The number of hydrogen-bond donors (Lipinski definition) is 0. The fraction of sp³-hybridized carbons (Fsp3) is 0.733. The monoisotopic (exact) mass is 307 g/mol. The number of rotatable bonds is 1. The molecule has 21 heavy (non-hydrogen) atoms. The molecule has 3 aliphatic heterocycles. The van der Waals surface area contributed by atoms with E-state index in [4.69, 9.17) is 11.6 Å². The molecule has 0 spiro atoms. The number of anilines is 2. The SMILES string of the molecule is CN1CCC[C@@H](N2CCN3CCCc4c(Cl)nnc2c43)C1. The van der Waals surface area contributed by atoms with Crippen LogP contribution in [0.2, 0.25) is 5.15 Å². The van der Waals surface area contributed by atoms with Crippen molar-refractivity contribution in [2.75, 3.05) is 49.6 Å². The van der Waals surface area contributed by atoms with E-state index in [0.29, 0.717) is 11.2 Å². The van der Waals surface area contributed by atoms with Gasteiger partial charge in [0.05, 0.1) is 5.69 Å². The third-order valence-corrected chi connectivity index (χ3v) is 5.38. The van der Waals surface area contributed by atoms with Crippen molar-refractivity contribution in [2.45, 2.75) is 31.7 Å². The highest BCUT2D eigenvalue weighted by molar-refractivity contribution is 6.30. The molecule has 1 aromatic heterocycles. The Morgan fingerprint density at radius 1 is 1.10 bits per heavy atom. The van der Waals surface area contributed by atoms with Crippen molar-refractivity contribution in [1.29, 1.82) is 0 Å². The number of aromatic nitrogens is 2. The van der Waals surface area contributed by atoms with E-state index in [9.17, 15) is 0 Å². The van der Waals surface area contributed by atoms with Crippen molar-refractivity contribution in [3.63, 3.8) is 0 Å². The number of likely N-dealkylation sites (tertiary alicyclic amines) is 1. The van der Waals surface area contributed by atoms with Crippen LogP contribution in [0.4, 0.5) is 11.5 Å². The third-order valence-electron chi connectivity index (χ3n) is 5.07. The lowest BCUT2D eigenvalue weighted by Gasteiger charge is -2.46. The van der Waals surface area contributed by atoms with Crippen molar-refractivity contribution in [3.8, 4) is 0 Å². The van der Waals surface area contributed by atoms with Gasteiger partial charge in [-0.1, -0.05) is 11.6 Å². The Morgan fingerprint density at radius 3 is 2.86 bits per heavy atom. The number of piperidine rings is 1. The van der Waals surface area contributed by atoms with Crippen LogP contribution >= 0.6 is 11.6 Å². The van der Waals surface area contributed by atoms with Crippen LogP contribution in [-0.2, 0) is 6.42 Å². The van der Waals surface area contributed by atoms with Gasteiger partial charge in [0.25, 0.3) is 0 Å². The van der Waals surface area contributed by atoms with Gasteiger partial charge < -0.3 is 14.7 Å². The molecule has 1 atom stereocenters. The van der Waals surface area contributed by atoms with Gasteiger partial charge in [0.2, 0.25) is 0 Å². The van der Waals surface area contributed by atoms with Gasteiger partial charge in [-0.15, -0.1) is 10.2 Å². The van der Waals surface area contributed by atoms with Crippen molar-refractivity contribution in [1.82, 2.24) is 15.1 Å². The van der Waals surface area contributed by atoms with Crippen LogP contribution in [-0.4, -0.2) is 60.9 Å². The molecule has 0 aromatic carbocycles. The first-order valence-corrected chi connectivity index (χ1v) is 8.37. The minimum Gasteiger partial charge on any atom is -0.366 e. The Morgan fingerprint density at radius 2 is 2.00 bits per heavy atom. The predicted octanol–water partition coefficient (Wildman–Crippen LogP) is 1.80. The fourth-order valence-electron chi connectivity index (χ4n) is 4.04. The molecule has 1 aromatic rings. The van der Waals surface area contributed by atoms with E-state index in [2.05, 4.69) is 31.9 Å². The molecule has 0 unspecified atom stereocenters. The lowest BCUT2D eigenvalue weighted by molar-refractivity contribution is 0.243. The minimum atomic E-state index is 0.562. The number of nitrogens with zero attached hydrogens (tertiary/aromatic N) is 5. The summed E-state index contributed by atoms with van der Waals surface area (Å²) in [5, 5.41) is 9.30. The zero-order chi connectivity index (χ0) is 14.4. The van der Waals surface area contributed by atoms with Gasteiger partial charge in [0, 0.05) is 37.8 Å². The smallest absolute Gasteiger partial charge is 0.175 e. The topological polar surface area (TPSA) is 35.5 Å². The van der Waals surface area contributed by atoms with E-state index in [1.165, 1.54) is 37.1 Å². The largest absolute Gasteiger partial charge is 0.366 e. The van der Waals surface area contributed by atoms with Crippen LogP contribution in [0, 0.1) is 0 Å². The van der Waals surface area contributed by atoms with Crippen molar-refractivity contribution >= 4 is 23.1 Å². The molecule has 4 rings (SSSR count).